The van der Waals surface area contributed by atoms with Gasteiger partial charge in [-0.25, -0.2) is 4.79 Å². The normalized spacial score (nSPS) is 10.6. The molecule has 0 aliphatic rings. The predicted octanol–water partition coefficient (Wildman–Crippen LogP) is 7.09. The average molecular weight is 403 g/mol. The molecule has 0 saturated heterocycles. The van der Waals surface area contributed by atoms with E-state index in [2.05, 4.69) is 38.1 Å². The number of hydrogen-bond donors (Lipinski definition) is 0. The van der Waals surface area contributed by atoms with Crippen molar-refractivity contribution in [2.24, 2.45) is 0 Å². The van der Waals surface area contributed by atoms with Crippen molar-refractivity contribution in [2.75, 3.05) is 6.61 Å². The molecular formula is C27H30O3. The van der Waals surface area contributed by atoms with Gasteiger partial charge in [0.25, 0.3) is 0 Å². The molecule has 3 heteroatoms. The standard InChI is InChI=1S/C27H30O3/c1-3-5-6-7-20-29-25-16-18-26(19-17-25)30-27(28)24-14-12-23(13-15-24)22-10-8-21(4-2)9-11-22/h8-19H,3-7,20H2,1-2H3. The SMILES string of the molecule is CCCCCCOc1ccc(OC(=O)c2ccc(-c3ccc(CC)cc3)cc2)cc1. The zero-order chi connectivity index (χ0) is 21.2. The second-order valence-corrected chi connectivity index (χ2v) is 7.40. The van der Waals surface area contributed by atoms with Gasteiger partial charge in [0.2, 0.25) is 0 Å². The first kappa shape index (κ1) is 21.6. The zero-order valence-corrected chi connectivity index (χ0v) is 17.9. The molecule has 3 rings (SSSR count). The Hall–Kier alpha value is -3.07. The third-order valence-electron chi connectivity index (χ3n) is 5.12. The van der Waals surface area contributed by atoms with E-state index in [1.807, 2.05) is 24.3 Å². The van der Waals surface area contributed by atoms with Crippen LogP contribution in [-0.2, 0) is 6.42 Å². The molecule has 0 aliphatic carbocycles. The lowest BCUT2D eigenvalue weighted by molar-refractivity contribution is 0.0734. The minimum Gasteiger partial charge on any atom is -0.494 e. The molecule has 0 amide bonds. The lowest BCUT2D eigenvalue weighted by Gasteiger charge is -2.08. The highest BCUT2D eigenvalue weighted by molar-refractivity contribution is 5.91. The number of ether oxygens (including phenoxy) is 2. The highest BCUT2D eigenvalue weighted by Crippen LogP contribution is 2.22. The van der Waals surface area contributed by atoms with Crippen LogP contribution in [0.5, 0.6) is 11.5 Å². The number of rotatable bonds is 10. The van der Waals surface area contributed by atoms with Gasteiger partial charge in [0.05, 0.1) is 12.2 Å². The van der Waals surface area contributed by atoms with Crippen LogP contribution < -0.4 is 9.47 Å². The van der Waals surface area contributed by atoms with E-state index >= 15 is 0 Å². The molecule has 3 aromatic rings. The highest BCUT2D eigenvalue weighted by Gasteiger charge is 2.09. The summed E-state index contributed by atoms with van der Waals surface area (Å²) in [6.45, 7) is 5.05. The molecule has 0 bridgehead atoms. The van der Waals surface area contributed by atoms with Crippen LogP contribution in [0.4, 0.5) is 0 Å². The number of carbonyl (C=O) groups is 1. The number of aryl methyl sites for hydroxylation is 1. The van der Waals surface area contributed by atoms with E-state index in [1.165, 1.54) is 24.8 Å². The molecule has 156 valence electrons. The summed E-state index contributed by atoms with van der Waals surface area (Å²) in [5.41, 5.74) is 4.05. The molecule has 0 saturated carbocycles. The lowest BCUT2D eigenvalue weighted by atomic mass is 10.0. The van der Waals surface area contributed by atoms with Crippen molar-refractivity contribution in [3.8, 4) is 22.6 Å². The lowest BCUT2D eigenvalue weighted by Crippen LogP contribution is -2.08. The first-order valence-corrected chi connectivity index (χ1v) is 10.8. The molecule has 0 fully saturated rings. The predicted molar refractivity (Wildman–Crippen MR) is 122 cm³/mol. The fraction of sp³-hybridized carbons (Fsp3) is 0.296. The van der Waals surface area contributed by atoms with Crippen LogP contribution in [0, 0.1) is 0 Å². The van der Waals surface area contributed by atoms with Crippen molar-refractivity contribution >= 4 is 5.97 Å². The Morgan fingerprint density at radius 2 is 1.30 bits per heavy atom. The molecule has 30 heavy (non-hydrogen) atoms. The summed E-state index contributed by atoms with van der Waals surface area (Å²) >= 11 is 0. The van der Waals surface area contributed by atoms with Gasteiger partial charge in [0, 0.05) is 0 Å². The first-order valence-electron chi connectivity index (χ1n) is 10.8. The van der Waals surface area contributed by atoms with Gasteiger partial charge in [-0.15, -0.1) is 0 Å². The Balaban J connectivity index is 1.53. The van der Waals surface area contributed by atoms with Gasteiger partial charge in [-0.2, -0.15) is 0 Å². The van der Waals surface area contributed by atoms with Gasteiger partial charge in [0.15, 0.2) is 0 Å². The number of benzene rings is 3. The monoisotopic (exact) mass is 402 g/mol. The Labute approximate surface area is 179 Å². The molecule has 0 radical (unpaired) electrons. The number of esters is 1. The quantitative estimate of drug-likeness (QED) is 0.206. The molecule has 0 spiro atoms. The molecular weight excluding hydrogens is 372 g/mol. The second kappa shape index (κ2) is 11.2. The van der Waals surface area contributed by atoms with Crippen molar-refractivity contribution in [3.63, 3.8) is 0 Å². The molecule has 0 aliphatic heterocycles. The summed E-state index contributed by atoms with van der Waals surface area (Å²) in [5, 5.41) is 0. The summed E-state index contributed by atoms with van der Waals surface area (Å²) in [6.07, 6.45) is 5.73. The minimum absolute atomic E-state index is 0.365. The van der Waals surface area contributed by atoms with E-state index in [1.54, 1.807) is 24.3 Å². The second-order valence-electron chi connectivity index (χ2n) is 7.40. The van der Waals surface area contributed by atoms with E-state index in [0.717, 1.165) is 29.7 Å². The van der Waals surface area contributed by atoms with Crippen molar-refractivity contribution in [1.29, 1.82) is 0 Å². The first-order chi connectivity index (χ1) is 14.7. The summed E-state index contributed by atoms with van der Waals surface area (Å²) in [5.74, 6) is 0.943. The van der Waals surface area contributed by atoms with E-state index in [0.29, 0.717) is 17.9 Å². The van der Waals surface area contributed by atoms with Gasteiger partial charge in [-0.3, -0.25) is 0 Å². The van der Waals surface area contributed by atoms with Gasteiger partial charge >= 0.3 is 5.97 Å². The Morgan fingerprint density at radius 1 is 0.700 bits per heavy atom. The average Bonchev–Trinajstić information content (AvgIpc) is 2.80. The van der Waals surface area contributed by atoms with Crippen molar-refractivity contribution in [2.45, 2.75) is 46.0 Å². The van der Waals surface area contributed by atoms with Crippen LogP contribution in [0.2, 0.25) is 0 Å². The van der Waals surface area contributed by atoms with Gasteiger partial charge in [0.1, 0.15) is 11.5 Å². The Kier molecular flexibility index (Phi) is 8.08. The van der Waals surface area contributed by atoms with Crippen molar-refractivity contribution in [1.82, 2.24) is 0 Å². The third-order valence-corrected chi connectivity index (χ3v) is 5.12. The Morgan fingerprint density at radius 3 is 1.90 bits per heavy atom. The summed E-state index contributed by atoms with van der Waals surface area (Å²) in [6, 6.07) is 23.2. The maximum Gasteiger partial charge on any atom is 0.343 e. The van der Waals surface area contributed by atoms with Crippen molar-refractivity contribution < 1.29 is 14.3 Å². The van der Waals surface area contributed by atoms with E-state index < -0.39 is 0 Å². The highest BCUT2D eigenvalue weighted by atomic mass is 16.5. The number of carbonyl (C=O) groups excluding carboxylic acids is 1. The summed E-state index contributed by atoms with van der Waals surface area (Å²) in [7, 11) is 0. The van der Waals surface area contributed by atoms with E-state index in [9.17, 15) is 4.79 Å². The van der Waals surface area contributed by atoms with Crippen LogP contribution in [-0.4, -0.2) is 12.6 Å². The van der Waals surface area contributed by atoms with Crippen LogP contribution >= 0.6 is 0 Å². The molecule has 0 unspecified atom stereocenters. The smallest absolute Gasteiger partial charge is 0.343 e. The van der Waals surface area contributed by atoms with Crippen LogP contribution in [0.25, 0.3) is 11.1 Å². The molecule has 0 aromatic heterocycles. The van der Waals surface area contributed by atoms with Gasteiger partial charge < -0.3 is 9.47 Å². The maximum atomic E-state index is 12.4. The van der Waals surface area contributed by atoms with E-state index in [-0.39, 0.29) is 5.97 Å². The Bertz CT molecular complexity index is 910. The maximum absolute atomic E-state index is 12.4. The molecule has 3 aromatic carbocycles. The van der Waals surface area contributed by atoms with Crippen LogP contribution in [0.1, 0.15) is 55.5 Å². The molecule has 0 heterocycles. The molecule has 0 N–H and O–H groups in total. The minimum atomic E-state index is -0.365. The van der Waals surface area contributed by atoms with Crippen molar-refractivity contribution in [3.05, 3.63) is 83.9 Å². The number of hydrogen-bond acceptors (Lipinski definition) is 3. The summed E-state index contributed by atoms with van der Waals surface area (Å²) in [4.78, 5) is 12.4. The van der Waals surface area contributed by atoms with Gasteiger partial charge in [-0.1, -0.05) is 69.5 Å². The summed E-state index contributed by atoms with van der Waals surface area (Å²) < 4.78 is 11.2. The largest absolute Gasteiger partial charge is 0.494 e. The molecule has 0 atom stereocenters. The molecule has 3 nitrogen and oxygen atoms in total. The third kappa shape index (κ3) is 6.21. The zero-order valence-electron chi connectivity index (χ0n) is 17.9. The number of unbranched alkanes of at least 4 members (excludes halogenated alkanes) is 3. The fourth-order valence-corrected chi connectivity index (χ4v) is 3.22. The topological polar surface area (TPSA) is 35.5 Å². The fourth-order valence-electron chi connectivity index (χ4n) is 3.22. The van der Waals surface area contributed by atoms with Crippen LogP contribution in [0.3, 0.4) is 0 Å². The van der Waals surface area contributed by atoms with Gasteiger partial charge in [-0.05, 0) is 65.9 Å². The van der Waals surface area contributed by atoms with E-state index in [4.69, 9.17) is 9.47 Å². The van der Waals surface area contributed by atoms with Crippen LogP contribution in [0.15, 0.2) is 72.8 Å².